The molecule has 0 aromatic heterocycles. The van der Waals surface area contributed by atoms with Crippen LogP contribution in [0.1, 0.15) is 35.1 Å². The molecule has 4 nitrogen and oxygen atoms in total. The summed E-state index contributed by atoms with van der Waals surface area (Å²) in [6.07, 6.45) is 1.50. The lowest BCUT2D eigenvalue weighted by Gasteiger charge is -1.80. The van der Waals surface area contributed by atoms with Crippen LogP contribution in [0.5, 0.6) is 0 Å². The van der Waals surface area contributed by atoms with Gasteiger partial charge in [0.05, 0.1) is 0 Å². The third-order valence-corrected chi connectivity index (χ3v) is 0.985. The van der Waals surface area contributed by atoms with Crippen LogP contribution in [0.25, 0.3) is 0 Å². The Bertz CT molecular complexity index is 266. The van der Waals surface area contributed by atoms with Crippen molar-refractivity contribution in [2.45, 2.75) is 35.1 Å². The lowest BCUT2D eigenvalue weighted by Crippen LogP contribution is -1.55. The van der Waals surface area contributed by atoms with E-state index < -0.39 is 0 Å². The predicted octanol–water partition coefficient (Wildman–Crippen LogP) is 4.83. The smallest absolute Gasteiger partial charge is 0.222 e. The summed E-state index contributed by atoms with van der Waals surface area (Å²) in [7, 11) is 0. The van der Waals surface area contributed by atoms with Gasteiger partial charge >= 0.3 is 0 Å². The normalized spacial score (nSPS) is 4.94. The fraction of sp³-hybridized carbons (Fsp3) is 0.385. The van der Waals surface area contributed by atoms with Crippen molar-refractivity contribution in [2.24, 2.45) is 0 Å². The maximum absolute atomic E-state index is 8.35. The molecule has 0 unspecified atom stereocenters. The topological polar surface area (TPSA) is 81.8 Å². The van der Waals surface area contributed by atoms with E-state index in [1.54, 1.807) is 0 Å². The minimum Gasteiger partial charge on any atom is -0.222 e. The van der Waals surface area contributed by atoms with E-state index in [1.165, 1.54) is 0 Å². The van der Waals surface area contributed by atoms with Crippen LogP contribution in [0.15, 0.2) is 30.3 Å². The van der Waals surface area contributed by atoms with Crippen molar-refractivity contribution in [3.63, 3.8) is 0 Å². The van der Waals surface area contributed by atoms with Gasteiger partial charge in [-0.1, -0.05) is 64.9 Å². The molecule has 0 spiro atoms. The molecule has 0 saturated carbocycles. The minimum atomic E-state index is 0. The van der Waals surface area contributed by atoms with Crippen molar-refractivity contribution in [3.8, 4) is 0 Å². The Hall–Kier alpha value is -1.73. The van der Waals surface area contributed by atoms with E-state index in [-0.39, 0.29) is 7.43 Å². The molecule has 5 heteroatoms. The molecule has 0 aliphatic carbocycles. The van der Waals surface area contributed by atoms with Gasteiger partial charge in [0.15, 0.2) is 0 Å². The van der Waals surface area contributed by atoms with E-state index in [1.807, 2.05) is 58.0 Å². The molecule has 18 heavy (non-hydrogen) atoms. The summed E-state index contributed by atoms with van der Waals surface area (Å²) in [5.74, 6) is 0. The molecule has 0 bridgehead atoms. The number of hydrogen-bond donors (Lipinski definition) is 2. The highest BCUT2D eigenvalue weighted by Gasteiger charge is 1.74. The molecule has 2 N–H and O–H groups in total. The molecular formula is C13H23ClN2O2. The fourth-order valence-electron chi connectivity index (χ4n) is 0.415. The van der Waals surface area contributed by atoms with Crippen LogP contribution < -0.4 is 0 Å². The average molecular weight is 275 g/mol. The van der Waals surface area contributed by atoms with Crippen molar-refractivity contribution in [1.82, 2.24) is 0 Å². The van der Waals surface area contributed by atoms with Crippen molar-refractivity contribution in [2.75, 3.05) is 0 Å². The average Bonchev–Trinajstić information content (AvgIpc) is 2.37. The molecular weight excluding hydrogens is 252 g/mol. The first-order chi connectivity index (χ1) is 8.22. The van der Waals surface area contributed by atoms with Gasteiger partial charge in [-0.2, -0.15) is 0 Å². The Labute approximate surface area is 115 Å². The summed E-state index contributed by atoms with van der Waals surface area (Å²) >= 11 is 5.54. The first-order valence-corrected chi connectivity index (χ1v) is 5.39. The van der Waals surface area contributed by atoms with E-state index in [0.29, 0.717) is 0 Å². The molecule has 0 radical (unpaired) electrons. The van der Waals surface area contributed by atoms with Crippen molar-refractivity contribution in [3.05, 3.63) is 35.4 Å². The van der Waals surface area contributed by atoms with Crippen LogP contribution in [0, 0.1) is 10.8 Å². The van der Waals surface area contributed by atoms with Crippen molar-refractivity contribution < 1.29 is 9.59 Å². The zero-order chi connectivity index (χ0) is 14.5. The summed E-state index contributed by atoms with van der Waals surface area (Å²) in [4.78, 5) is 16.7. The quantitative estimate of drug-likeness (QED) is 0.525. The number of isocyanates is 2. The second-order valence-corrected chi connectivity index (χ2v) is 1.94. The number of nitrogens with one attached hydrogen (secondary N) is 2. The van der Waals surface area contributed by atoms with Gasteiger partial charge in [-0.05, 0) is 12.1 Å². The number of rotatable bonds is 0. The molecule has 0 atom stereocenters. The number of benzene rings is 1. The molecule has 0 aliphatic rings. The molecule has 0 saturated heterocycles. The summed E-state index contributed by atoms with van der Waals surface area (Å²) in [6.45, 7) is 8.00. The highest BCUT2D eigenvalue weighted by molar-refractivity contribution is 6.30. The monoisotopic (exact) mass is 274 g/mol. The highest BCUT2D eigenvalue weighted by atomic mass is 35.5. The molecule has 0 aliphatic heterocycles. The molecule has 0 amide bonds. The van der Waals surface area contributed by atoms with E-state index in [0.717, 1.165) is 17.2 Å². The Morgan fingerprint density at radius 2 is 1.11 bits per heavy atom. The first kappa shape index (κ1) is 29.9. The van der Waals surface area contributed by atoms with Crippen molar-refractivity contribution >= 4 is 23.8 Å². The Balaban J connectivity index is -0.0000000445. The van der Waals surface area contributed by atoms with Gasteiger partial charge in [0.25, 0.3) is 0 Å². The van der Waals surface area contributed by atoms with Crippen LogP contribution in [0.4, 0.5) is 0 Å². The van der Waals surface area contributed by atoms with Crippen LogP contribution in [0.3, 0.4) is 0 Å². The summed E-state index contributed by atoms with van der Waals surface area (Å²) < 4.78 is 0. The summed E-state index contributed by atoms with van der Waals surface area (Å²) in [5, 5.41) is 11.6. The molecule has 1 aromatic rings. The zero-order valence-electron chi connectivity index (χ0n) is 10.6. The van der Waals surface area contributed by atoms with E-state index >= 15 is 0 Å². The van der Waals surface area contributed by atoms with E-state index in [4.69, 9.17) is 32.0 Å². The van der Waals surface area contributed by atoms with Gasteiger partial charge in [0.1, 0.15) is 0 Å². The van der Waals surface area contributed by atoms with Gasteiger partial charge in [-0.25, -0.2) is 20.4 Å². The van der Waals surface area contributed by atoms with Gasteiger partial charge < -0.3 is 0 Å². The SMILES string of the molecule is C.CC.CC.Clc1ccccc1.N=C=O.N=C=O. The number of hydrogen-bond acceptors (Lipinski definition) is 4. The highest BCUT2D eigenvalue weighted by Crippen LogP contribution is 2.03. The van der Waals surface area contributed by atoms with Gasteiger partial charge in [-0.3, -0.25) is 0 Å². The molecule has 104 valence electrons. The zero-order valence-corrected chi connectivity index (χ0v) is 11.3. The third kappa shape index (κ3) is 63.9. The largest absolute Gasteiger partial charge is 0.231 e. The van der Waals surface area contributed by atoms with Gasteiger partial charge in [0, 0.05) is 5.02 Å². The third-order valence-electron chi connectivity index (χ3n) is 0.733. The van der Waals surface area contributed by atoms with Crippen LogP contribution in [-0.4, -0.2) is 12.2 Å². The molecule has 0 fully saturated rings. The number of halogens is 1. The maximum atomic E-state index is 8.35. The Morgan fingerprint density at radius 1 is 0.889 bits per heavy atom. The fourth-order valence-corrected chi connectivity index (χ4v) is 0.560. The van der Waals surface area contributed by atoms with Crippen LogP contribution >= 0.6 is 11.6 Å². The van der Waals surface area contributed by atoms with E-state index in [9.17, 15) is 0 Å². The summed E-state index contributed by atoms with van der Waals surface area (Å²) in [5.41, 5.74) is 0. The van der Waals surface area contributed by atoms with Gasteiger partial charge in [-0.15, -0.1) is 0 Å². The molecule has 1 aromatic carbocycles. The predicted molar refractivity (Wildman–Crippen MR) is 77.7 cm³/mol. The Morgan fingerprint density at radius 3 is 1.22 bits per heavy atom. The van der Waals surface area contributed by atoms with Gasteiger partial charge in [0.2, 0.25) is 12.2 Å². The first-order valence-electron chi connectivity index (χ1n) is 5.01. The van der Waals surface area contributed by atoms with E-state index in [2.05, 4.69) is 0 Å². The van der Waals surface area contributed by atoms with Crippen LogP contribution in [0.2, 0.25) is 5.02 Å². The van der Waals surface area contributed by atoms with Crippen LogP contribution in [-0.2, 0) is 9.59 Å². The molecule has 0 heterocycles. The lowest BCUT2D eigenvalue weighted by molar-refractivity contribution is 0.562. The van der Waals surface area contributed by atoms with Crippen molar-refractivity contribution in [1.29, 1.82) is 10.8 Å². The standard InChI is InChI=1S/C6H5Cl.2C2H6.2CHNO.CH4/c7-6-4-2-1-3-5-6;2*1-2;2*2-1-3;/h1-5H;2*1-2H3;2*2H;1H4. The second kappa shape index (κ2) is 45.5. The lowest BCUT2D eigenvalue weighted by atomic mass is 10.4. The second-order valence-electron chi connectivity index (χ2n) is 1.50. The number of carbonyl (C=O) groups excluding carboxylic acids is 2. The summed E-state index contributed by atoms with van der Waals surface area (Å²) in [6, 6.07) is 9.44. The Kier molecular flexibility index (Phi) is 75.4. The maximum Gasteiger partial charge on any atom is 0.231 e. The molecule has 1 rings (SSSR count). The minimum absolute atomic E-state index is 0.